The Balaban J connectivity index is 1.90. The van der Waals surface area contributed by atoms with Crippen LogP contribution < -0.4 is 9.47 Å². The number of carbonyl (C=O) groups excluding carboxylic acids is 1. The minimum atomic E-state index is -4.57. The van der Waals surface area contributed by atoms with Crippen LogP contribution in [0, 0.1) is 0 Å². The second-order valence-electron chi connectivity index (χ2n) is 8.62. The van der Waals surface area contributed by atoms with E-state index in [4.69, 9.17) is 9.47 Å². The van der Waals surface area contributed by atoms with Crippen LogP contribution in [0.1, 0.15) is 55.4 Å². The zero-order valence-electron chi connectivity index (χ0n) is 20.5. The maximum absolute atomic E-state index is 13.2. The Morgan fingerprint density at radius 3 is 2.00 bits per heavy atom. The molecule has 0 radical (unpaired) electrons. The normalized spacial score (nSPS) is 13.4. The Kier molecular flexibility index (Phi) is 8.78. The predicted octanol–water partition coefficient (Wildman–Crippen LogP) is 7.71. The molecule has 0 spiro atoms. The lowest BCUT2D eigenvalue weighted by Crippen LogP contribution is -2.35. The highest BCUT2D eigenvalue weighted by Gasteiger charge is 2.37. The van der Waals surface area contributed by atoms with Gasteiger partial charge < -0.3 is 14.2 Å². The Hall–Kier alpha value is -3.62. The van der Waals surface area contributed by atoms with Crippen LogP contribution in [0.4, 0.5) is 22.0 Å². The molecular formula is C28H27F5O4. The molecule has 9 heteroatoms. The van der Waals surface area contributed by atoms with Crippen molar-refractivity contribution in [1.82, 2.24) is 0 Å². The number of hydrogen-bond donors (Lipinski definition) is 0. The molecule has 0 bridgehead atoms. The topological polar surface area (TPSA) is 44.8 Å². The van der Waals surface area contributed by atoms with Crippen molar-refractivity contribution in [3.63, 3.8) is 0 Å². The first-order valence-corrected chi connectivity index (χ1v) is 11.6. The van der Waals surface area contributed by atoms with Gasteiger partial charge in [-0.25, -0.2) is 4.79 Å². The number of halogens is 5. The second-order valence-corrected chi connectivity index (χ2v) is 8.62. The van der Waals surface area contributed by atoms with Gasteiger partial charge in [0.15, 0.2) is 12.2 Å². The van der Waals surface area contributed by atoms with Crippen molar-refractivity contribution in [3.8, 4) is 11.5 Å². The monoisotopic (exact) mass is 522 g/mol. The molecule has 1 atom stereocenters. The maximum Gasteiger partial charge on any atom is 0.416 e. The van der Waals surface area contributed by atoms with Gasteiger partial charge in [-0.2, -0.15) is 22.0 Å². The van der Waals surface area contributed by atoms with E-state index < -0.39 is 36.5 Å². The molecule has 3 rings (SSSR count). The lowest BCUT2D eigenvalue weighted by atomic mass is 9.83. The van der Waals surface area contributed by atoms with Crippen LogP contribution in [0.25, 0.3) is 0 Å². The molecular weight excluding hydrogens is 495 g/mol. The average Bonchev–Trinajstić information content (AvgIpc) is 2.86. The Labute approximate surface area is 212 Å². The maximum atomic E-state index is 13.2. The number of benzene rings is 3. The van der Waals surface area contributed by atoms with Gasteiger partial charge in [0.05, 0.1) is 5.56 Å². The standard InChI is InChI=1S/C28H27F5O4/c1-4-27(19-8-6-5-7-9-19,20-10-13-22(14-11-20)36-26(29)30)37-25(34)17-35-24-16-21(28(31,32)33)12-15-23(24)18(2)3/h5-16,18,26H,4,17H2,1-3H3. The zero-order valence-corrected chi connectivity index (χ0v) is 20.5. The molecule has 0 fully saturated rings. The Morgan fingerprint density at radius 1 is 0.865 bits per heavy atom. The Bertz CT molecular complexity index is 1180. The van der Waals surface area contributed by atoms with Crippen molar-refractivity contribution in [2.75, 3.05) is 6.61 Å². The van der Waals surface area contributed by atoms with E-state index in [1.54, 1.807) is 51.1 Å². The van der Waals surface area contributed by atoms with Crippen LogP contribution in [-0.2, 0) is 21.3 Å². The summed E-state index contributed by atoms with van der Waals surface area (Å²) >= 11 is 0. The van der Waals surface area contributed by atoms with E-state index in [0.717, 1.165) is 12.1 Å². The minimum absolute atomic E-state index is 0.0581. The summed E-state index contributed by atoms with van der Waals surface area (Å²) in [6, 6.07) is 17.7. The van der Waals surface area contributed by atoms with Gasteiger partial charge in [0.1, 0.15) is 11.5 Å². The van der Waals surface area contributed by atoms with Crippen LogP contribution in [0.15, 0.2) is 72.8 Å². The third-order valence-corrected chi connectivity index (χ3v) is 5.88. The second kappa shape index (κ2) is 11.6. The highest BCUT2D eigenvalue weighted by molar-refractivity contribution is 5.72. The van der Waals surface area contributed by atoms with Crippen LogP contribution in [0.2, 0.25) is 0 Å². The number of ether oxygens (including phenoxy) is 3. The fourth-order valence-corrected chi connectivity index (χ4v) is 4.05. The van der Waals surface area contributed by atoms with Crippen LogP contribution in [-0.4, -0.2) is 19.2 Å². The average molecular weight is 523 g/mol. The molecule has 0 saturated heterocycles. The Morgan fingerprint density at radius 2 is 1.46 bits per heavy atom. The summed E-state index contributed by atoms with van der Waals surface area (Å²) in [6.07, 6.45) is -4.29. The fourth-order valence-electron chi connectivity index (χ4n) is 4.05. The van der Waals surface area contributed by atoms with E-state index in [9.17, 15) is 26.7 Å². The first-order chi connectivity index (χ1) is 17.5. The molecule has 0 aliphatic rings. The van der Waals surface area contributed by atoms with Gasteiger partial charge in [-0.15, -0.1) is 0 Å². The summed E-state index contributed by atoms with van der Waals surface area (Å²) in [5.74, 6) is -1.08. The zero-order chi connectivity index (χ0) is 27.2. The van der Waals surface area contributed by atoms with E-state index in [1.165, 1.54) is 30.3 Å². The molecule has 0 aliphatic carbocycles. The highest BCUT2D eigenvalue weighted by Crippen LogP contribution is 2.39. The smallest absolute Gasteiger partial charge is 0.416 e. The van der Waals surface area contributed by atoms with Crippen LogP contribution in [0.5, 0.6) is 11.5 Å². The van der Waals surface area contributed by atoms with Crippen molar-refractivity contribution >= 4 is 5.97 Å². The molecule has 0 aromatic heterocycles. The van der Waals surface area contributed by atoms with Gasteiger partial charge in [-0.1, -0.05) is 69.3 Å². The largest absolute Gasteiger partial charge is 0.482 e. The lowest BCUT2D eigenvalue weighted by Gasteiger charge is -2.34. The van der Waals surface area contributed by atoms with Gasteiger partial charge in [0, 0.05) is 11.1 Å². The molecule has 1 unspecified atom stereocenters. The van der Waals surface area contributed by atoms with Gasteiger partial charge in [0.2, 0.25) is 0 Å². The van der Waals surface area contributed by atoms with Gasteiger partial charge >= 0.3 is 18.8 Å². The quantitative estimate of drug-likeness (QED) is 0.202. The molecule has 198 valence electrons. The third-order valence-electron chi connectivity index (χ3n) is 5.88. The van der Waals surface area contributed by atoms with Crippen molar-refractivity contribution in [2.24, 2.45) is 0 Å². The summed E-state index contributed by atoms with van der Waals surface area (Å²) in [5.41, 5.74) is -0.563. The SMILES string of the molecule is CCC(OC(=O)COc1cc(C(F)(F)F)ccc1C(C)C)(c1ccccc1)c1ccc(OC(F)F)cc1. The third kappa shape index (κ3) is 6.78. The van der Waals surface area contributed by atoms with Gasteiger partial charge in [-0.05, 0) is 42.2 Å². The molecule has 0 aliphatic heterocycles. The van der Waals surface area contributed by atoms with Crippen molar-refractivity contribution in [1.29, 1.82) is 0 Å². The van der Waals surface area contributed by atoms with Crippen LogP contribution in [0.3, 0.4) is 0 Å². The summed E-state index contributed by atoms with van der Waals surface area (Å²) in [6.45, 7) is 1.76. The fraction of sp³-hybridized carbons (Fsp3) is 0.321. The summed E-state index contributed by atoms with van der Waals surface area (Å²) < 4.78 is 80.8. The van der Waals surface area contributed by atoms with Gasteiger partial charge in [0.25, 0.3) is 0 Å². The van der Waals surface area contributed by atoms with E-state index in [-0.39, 0.29) is 23.8 Å². The highest BCUT2D eigenvalue weighted by atomic mass is 19.4. The van der Waals surface area contributed by atoms with Crippen molar-refractivity contribution < 1.29 is 41.0 Å². The number of alkyl halides is 5. The lowest BCUT2D eigenvalue weighted by molar-refractivity contribution is -0.159. The number of carbonyl (C=O) groups is 1. The first kappa shape index (κ1) is 28.0. The summed E-state index contributed by atoms with van der Waals surface area (Å²) in [4.78, 5) is 13.0. The molecule has 37 heavy (non-hydrogen) atoms. The molecule has 0 amide bonds. The van der Waals surface area contributed by atoms with E-state index in [1.807, 2.05) is 0 Å². The predicted molar refractivity (Wildman–Crippen MR) is 128 cm³/mol. The number of rotatable bonds is 10. The molecule has 0 heterocycles. The molecule has 0 N–H and O–H groups in total. The van der Waals surface area contributed by atoms with E-state index in [2.05, 4.69) is 4.74 Å². The number of esters is 1. The van der Waals surface area contributed by atoms with E-state index in [0.29, 0.717) is 16.7 Å². The molecule has 4 nitrogen and oxygen atoms in total. The van der Waals surface area contributed by atoms with Crippen molar-refractivity contribution in [3.05, 3.63) is 95.1 Å². The number of hydrogen-bond acceptors (Lipinski definition) is 4. The summed E-state index contributed by atoms with van der Waals surface area (Å²) in [7, 11) is 0. The molecule has 3 aromatic rings. The van der Waals surface area contributed by atoms with Crippen LogP contribution >= 0.6 is 0 Å². The molecule has 3 aromatic carbocycles. The van der Waals surface area contributed by atoms with Crippen molar-refractivity contribution in [2.45, 2.75) is 51.5 Å². The first-order valence-electron chi connectivity index (χ1n) is 11.6. The minimum Gasteiger partial charge on any atom is -0.482 e. The van der Waals surface area contributed by atoms with E-state index >= 15 is 0 Å². The molecule has 0 saturated carbocycles. The summed E-state index contributed by atoms with van der Waals surface area (Å²) in [5, 5.41) is 0. The van der Waals surface area contributed by atoms with Gasteiger partial charge in [-0.3, -0.25) is 0 Å².